The van der Waals surface area contributed by atoms with E-state index in [0.717, 1.165) is 27.4 Å². The Bertz CT molecular complexity index is 1110. The minimum absolute atomic E-state index is 0.152. The number of rotatable bonds is 7. The molecule has 0 radical (unpaired) electrons. The normalized spacial score (nSPS) is 10.7. The number of hydrogen-bond donors (Lipinski definition) is 0. The van der Waals surface area contributed by atoms with Crippen LogP contribution in [0.3, 0.4) is 0 Å². The zero-order valence-electron chi connectivity index (χ0n) is 16.1. The van der Waals surface area contributed by atoms with Crippen LogP contribution < -0.4 is 0 Å². The first-order valence-electron chi connectivity index (χ1n) is 9.42. The van der Waals surface area contributed by atoms with Gasteiger partial charge in [0.2, 0.25) is 0 Å². The van der Waals surface area contributed by atoms with Gasteiger partial charge >= 0.3 is 5.97 Å². The van der Waals surface area contributed by atoms with Crippen LogP contribution in [-0.4, -0.2) is 21.5 Å². The summed E-state index contributed by atoms with van der Waals surface area (Å²) in [5, 5.41) is 5.39. The smallest absolute Gasteiger partial charge is 0.316 e. The van der Waals surface area contributed by atoms with Crippen molar-refractivity contribution in [3.63, 3.8) is 0 Å². The number of hydrogen-bond acceptors (Lipinski definition) is 4. The number of ether oxygens (including phenoxy) is 1. The van der Waals surface area contributed by atoms with Gasteiger partial charge in [-0.1, -0.05) is 60.1 Å². The van der Waals surface area contributed by atoms with Crippen LogP contribution in [-0.2, 0) is 16.1 Å². The number of thioether (sulfide) groups is 1. The molecule has 3 aromatic carbocycles. The second-order valence-corrected chi connectivity index (χ2v) is 8.04. The highest BCUT2D eigenvalue weighted by Crippen LogP contribution is 2.26. The summed E-state index contributed by atoms with van der Waals surface area (Å²) in [6, 6.07) is 27.1. The number of carbonyl (C=O) groups excluding carboxylic acids is 1. The highest BCUT2D eigenvalue weighted by atomic mass is 35.5. The summed E-state index contributed by atoms with van der Waals surface area (Å²) in [7, 11) is 0. The first kappa shape index (κ1) is 20.3. The quantitative estimate of drug-likeness (QED) is 0.263. The van der Waals surface area contributed by atoms with Crippen LogP contribution in [0.1, 0.15) is 5.56 Å². The average molecular weight is 435 g/mol. The molecule has 0 bridgehead atoms. The molecule has 30 heavy (non-hydrogen) atoms. The largest absolute Gasteiger partial charge is 0.460 e. The summed E-state index contributed by atoms with van der Waals surface area (Å²) >= 11 is 7.49. The molecule has 0 atom stereocenters. The van der Waals surface area contributed by atoms with E-state index in [9.17, 15) is 4.79 Å². The van der Waals surface area contributed by atoms with Crippen molar-refractivity contribution < 1.29 is 9.53 Å². The molecule has 4 nitrogen and oxygen atoms in total. The van der Waals surface area contributed by atoms with Crippen molar-refractivity contribution in [3.8, 4) is 16.9 Å². The molecule has 0 amide bonds. The summed E-state index contributed by atoms with van der Waals surface area (Å²) < 4.78 is 7.34. The van der Waals surface area contributed by atoms with E-state index in [0.29, 0.717) is 5.02 Å². The first-order chi connectivity index (χ1) is 14.7. The van der Waals surface area contributed by atoms with Gasteiger partial charge in [-0.2, -0.15) is 5.10 Å². The molecule has 150 valence electrons. The summed E-state index contributed by atoms with van der Waals surface area (Å²) in [4.78, 5) is 13.3. The van der Waals surface area contributed by atoms with Crippen LogP contribution in [0.4, 0.5) is 0 Å². The Morgan fingerprint density at radius 1 is 0.933 bits per heavy atom. The van der Waals surface area contributed by atoms with E-state index in [2.05, 4.69) is 0 Å². The van der Waals surface area contributed by atoms with Crippen molar-refractivity contribution in [3.05, 3.63) is 102 Å². The van der Waals surface area contributed by atoms with E-state index in [1.165, 1.54) is 11.8 Å². The maximum Gasteiger partial charge on any atom is 0.316 e. The van der Waals surface area contributed by atoms with Crippen LogP contribution in [0.25, 0.3) is 16.9 Å². The molecule has 0 saturated carbocycles. The highest BCUT2D eigenvalue weighted by Gasteiger charge is 2.15. The zero-order valence-corrected chi connectivity index (χ0v) is 17.6. The molecule has 0 fully saturated rings. The Morgan fingerprint density at radius 2 is 1.60 bits per heavy atom. The lowest BCUT2D eigenvalue weighted by atomic mass is 10.1. The molecule has 1 aromatic heterocycles. The molecule has 0 aliphatic rings. The standard InChI is InChI=1S/C24H19ClN2O2S/c25-20-13-11-18(12-14-20)24-19(15-27(26-24)21-7-3-1-4-8-21)16-29-23(28)17-30-22-9-5-2-6-10-22/h1-15H,16-17H2. The Morgan fingerprint density at radius 3 is 2.30 bits per heavy atom. The summed E-state index contributed by atoms with van der Waals surface area (Å²) in [6.07, 6.45) is 1.90. The van der Waals surface area contributed by atoms with Crippen molar-refractivity contribution in [2.24, 2.45) is 0 Å². The maximum absolute atomic E-state index is 12.3. The number of carbonyl (C=O) groups is 1. The second-order valence-electron chi connectivity index (χ2n) is 6.55. The maximum atomic E-state index is 12.3. The molecule has 0 spiro atoms. The third-order valence-corrected chi connectivity index (χ3v) is 5.65. The number of halogens is 1. The van der Waals surface area contributed by atoms with Gasteiger partial charge in [0.1, 0.15) is 6.61 Å². The van der Waals surface area contributed by atoms with Gasteiger partial charge in [0.05, 0.1) is 17.1 Å². The van der Waals surface area contributed by atoms with E-state index in [1.807, 2.05) is 91.1 Å². The zero-order chi connectivity index (χ0) is 20.8. The van der Waals surface area contributed by atoms with E-state index in [-0.39, 0.29) is 18.3 Å². The average Bonchev–Trinajstić information content (AvgIpc) is 3.22. The fraction of sp³-hybridized carbons (Fsp3) is 0.0833. The molecule has 0 saturated heterocycles. The predicted octanol–water partition coefficient (Wildman–Crippen LogP) is 6.03. The van der Waals surface area contributed by atoms with Crippen molar-refractivity contribution in [1.29, 1.82) is 0 Å². The van der Waals surface area contributed by atoms with Crippen LogP contribution in [0.5, 0.6) is 0 Å². The molecule has 0 unspecified atom stereocenters. The van der Waals surface area contributed by atoms with Gasteiger partial charge in [0.15, 0.2) is 0 Å². The molecule has 0 aliphatic carbocycles. The number of esters is 1. The van der Waals surface area contributed by atoms with Crippen molar-refractivity contribution in [1.82, 2.24) is 9.78 Å². The van der Waals surface area contributed by atoms with Crippen LogP contribution in [0.2, 0.25) is 5.02 Å². The molecule has 4 rings (SSSR count). The van der Waals surface area contributed by atoms with E-state index in [4.69, 9.17) is 21.4 Å². The summed E-state index contributed by atoms with van der Waals surface area (Å²) in [5.74, 6) is -0.00834. The lowest BCUT2D eigenvalue weighted by molar-refractivity contribution is -0.141. The fourth-order valence-corrected chi connectivity index (χ4v) is 3.78. The number of para-hydroxylation sites is 1. The van der Waals surface area contributed by atoms with E-state index >= 15 is 0 Å². The van der Waals surface area contributed by atoms with Gasteiger partial charge in [0.25, 0.3) is 0 Å². The minimum Gasteiger partial charge on any atom is -0.460 e. The minimum atomic E-state index is -0.265. The van der Waals surface area contributed by atoms with Crippen LogP contribution in [0, 0.1) is 0 Å². The third kappa shape index (κ3) is 5.12. The SMILES string of the molecule is O=C(CSc1ccccc1)OCc1cn(-c2ccccc2)nc1-c1ccc(Cl)cc1. The Hall–Kier alpha value is -3.02. The number of benzene rings is 3. The van der Waals surface area contributed by atoms with Crippen LogP contribution >= 0.6 is 23.4 Å². The van der Waals surface area contributed by atoms with Crippen molar-refractivity contribution in [2.75, 3.05) is 5.75 Å². The van der Waals surface area contributed by atoms with E-state index in [1.54, 1.807) is 4.68 Å². The molecule has 1 heterocycles. The van der Waals surface area contributed by atoms with Gasteiger partial charge in [0, 0.05) is 27.2 Å². The monoisotopic (exact) mass is 434 g/mol. The Kier molecular flexibility index (Phi) is 6.52. The second kappa shape index (κ2) is 9.65. The van der Waals surface area contributed by atoms with E-state index < -0.39 is 0 Å². The topological polar surface area (TPSA) is 44.1 Å². The van der Waals surface area contributed by atoms with Gasteiger partial charge in [-0.25, -0.2) is 4.68 Å². The molecular formula is C24H19ClN2O2S. The summed E-state index contributed by atoms with van der Waals surface area (Å²) in [6.45, 7) is 0.152. The van der Waals surface area contributed by atoms with Gasteiger partial charge < -0.3 is 4.74 Å². The molecule has 0 N–H and O–H groups in total. The fourth-order valence-electron chi connectivity index (χ4n) is 2.94. The first-order valence-corrected chi connectivity index (χ1v) is 10.8. The van der Waals surface area contributed by atoms with Gasteiger partial charge in [-0.3, -0.25) is 4.79 Å². The van der Waals surface area contributed by atoms with Gasteiger partial charge in [-0.15, -0.1) is 11.8 Å². The Balaban J connectivity index is 1.51. The predicted molar refractivity (Wildman–Crippen MR) is 121 cm³/mol. The van der Waals surface area contributed by atoms with Gasteiger partial charge in [-0.05, 0) is 36.4 Å². The molecular weight excluding hydrogens is 416 g/mol. The third-order valence-electron chi connectivity index (χ3n) is 4.42. The van der Waals surface area contributed by atoms with Crippen molar-refractivity contribution >= 4 is 29.3 Å². The summed E-state index contributed by atoms with van der Waals surface area (Å²) in [5.41, 5.74) is 3.45. The molecule has 4 aromatic rings. The highest BCUT2D eigenvalue weighted by molar-refractivity contribution is 8.00. The number of aromatic nitrogens is 2. The number of nitrogens with zero attached hydrogens (tertiary/aromatic N) is 2. The molecule has 0 aliphatic heterocycles. The molecule has 6 heteroatoms. The lowest BCUT2D eigenvalue weighted by Crippen LogP contribution is -2.07. The van der Waals surface area contributed by atoms with Crippen LogP contribution in [0.15, 0.2) is 96.0 Å². The Labute approximate surface area is 184 Å². The lowest BCUT2D eigenvalue weighted by Gasteiger charge is -2.05. The van der Waals surface area contributed by atoms with Crippen molar-refractivity contribution in [2.45, 2.75) is 11.5 Å².